The van der Waals surface area contributed by atoms with Crippen molar-refractivity contribution in [2.75, 3.05) is 0 Å². The van der Waals surface area contributed by atoms with E-state index in [0.29, 0.717) is 11.5 Å². The number of hydrogen-bond donors (Lipinski definition) is 1. The summed E-state index contributed by atoms with van der Waals surface area (Å²) in [6, 6.07) is 0.436. The lowest BCUT2D eigenvalue weighted by atomic mass is 9.72. The minimum Gasteiger partial charge on any atom is -0.327 e. The van der Waals surface area contributed by atoms with Gasteiger partial charge < -0.3 is 5.73 Å². The van der Waals surface area contributed by atoms with Gasteiger partial charge in [0.1, 0.15) is 0 Å². The van der Waals surface area contributed by atoms with Crippen molar-refractivity contribution >= 4 is 0 Å². The Kier molecular flexibility index (Phi) is 2.39. The first-order chi connectivity index (χ1) is 6.15. The molecule has 2 saturated carbocycles. The van der Waals surface area contributed by atoms with E-state index < -0.39 is 0 Å². The van der Waals surface area contributed by atoms with E-state index in [0.717, 1.165) is 11.8 Å². The minimum atomic E-state index is 0.436. The Morgan fingerprint density at radius 2 is 1.69 bits per heavy atom. The summed E-state index contributed by atoms with van der Waals surface area (Å²) in [4.78, 5) is 0. The summed E-state index contributed by atoms with van der Waals surface area (Å²) in [5.74, 6) is 1.93. The van der Waals surface area contributed by atoms with E-state index in [1.165, 1.54) is 38.5 Å². The lowest BCUT2D eigenvalue weighted by molar-refractivity contribution is 0.174. The van der Waals surface area contributed by atoms with Crippen LogP contribution in [0.1, 0.15) is 52.4 Å². The fourth-order valence-corrected chi connectivity index (χ4v) is 3.21. The molecule has 2 aliphatic rings. The quantitative estimate of drug-likeness (QED) is 0.696. The molecule has 1 unspecified atom stereocenters. The molecule has 0 aromatic heterocycles. The van der Waals surface area contributed by atoms with Crippen LogP contribution in [0.4, 0.5) is 0 Å². The smallest absolute Gasteiger partial charge is 0.00696 e. The molecule has 0 aromatic carbocycles. The van der Waals surface area contributed by atoms with Gasteiger partial charge in [0.15, 0.2) is 0 Å². The van der Waals surface area contributed by atoms with Crippen molar-refractivity contribution in [3.8, 4) is 0 Å². The Hall–Kier alpha value is -0.0400. The summed E-state index contributed by atoms with van der Waals surface area (Å²) in [5, 5.41) is 0. The second kappa shape index (κ2) is 3.27. The second-order valence-electron chi connectivity index (χ2n) is 5.48. The molecule has 76 valence electrons. The van der Waals surface area contributed by atoms with Gasteiger partial charge in [0.05, 0.1) is 0 Å². The summed E-state index contributed by atoms with van der Waals surface area (Å²) < 4.78 is 0. The molecular formula is C12H23N. The molecule has 1 atom stereocenters. The maximum atomic E-state index is 6.10. The Balaban J connectivity index is 1.94. The van der Waals surface area contributed by atoms with Crippen molar-refractivity contribution < 1.29 is 0 Å². The van der Waals surface area contributed by atoms with Crippen LogP contribution < -0.4 is 5.73 Å². The van der Waals surface area contributed by atoms with Gasteiger partial charge in [-0.2, -0.15) is 0 Å². The van der Waals surface area contributed by atoms with Crippen molar-refractivity contribution in [1.82, 2.24) is 0 Å². The van der Waals surface area contributed by atoms with Crippen LogP contribution in [0, 0.1) is 17.3 Å². The molecule has 1 heteroatoms. The van der Waals surface area contributed by atoms with Gasteiger partial charge in [-0.05, 0) is 49.9 Å². The second-order valence-corrected chi connectivity index (χ2v) is 5.48. The summed E-state index contributed by atoms with van der Waals surface area (Å²) >= 11 is 0. The minimum absolute atomic E-state index is 0.436. The molecule has 0 amide bonds. The van der Waals surface area contributed by atoms with Crippen molar-refractivity contribution in [1.29, 1.82) is 0 Å². The highest BCUT2D eigenvalue weighted by atomic mass is 14.7. The van der Waals surface area contributed by atoms with Gasteiger partial charge >= 0.3 is 0 Å². The molecule has 0 spiro atoms. The van der Waals surface area contributed by atoms with Gasteiger partial charge in [-0.25, -0.2) is 0 Å². The van der Waals surface area contributed by atoms with Crippen molar-refractivity contribution in [2.24, 2.45) is 23.0 Å². The molecule has 2 N–H and O–H groups in total. The average molecular weight is 181 g/mol. The molecule has 0 saturated heterocycles. The monoisotopic (exact) mass is 181 g/mol. The van der Waals surface area contributed by atoms with E-state index in [4.69, 9.17) is 5.73 Å². The molecule has 0 aliphatic heterocycles. The zero-order chi connectivity index (χ0) is 9.47. The van der Waals surface area contributed by atoms with Crippen LogP contribution >= 0.6 is 0 Å². The lowest BCUT2D eigenvalue weighted by Gasteiger charge is -2.35. The molecule has 2 aliphatic carbocycles. The fraction of sp³-hybridized carbons (Fsp3) is 1.00. The van der Waals surface area contributed by atoms with E-state index in [1.807, 2.05) is 0 Å². The highest BCUT2D eigenvalue weighted by Crippen LogP contribution is 2.58. The zero-order valence-corrected chi connectivity index (χ0v) is 9.05. The number of hydrogen-bond acceptors (Lipinski definition) is 1. The first-order valence-corrected chi connectivity index (χ1v) is 5.91. The molecule has 0 aromatic rings. The maximum absolute atomic E-state index is 6.10. The van der Waals surface area contributed by atoms with E-state index >= 15 is 0 Å². The van der Waals surface area contributed by atoms with Crippen molar-refractivity contribution in [2.45, 2.75) is 58.4 Å². The molecule has 2 rings (SSSR count). The third-order valence-electron chi connectivity index (χ3n) is 4.56. The molecule has 0 heterocycles. The van der Waals surface area contributed by atoms with E-state index in [9.17, 15) is 0 Å². The third kappa shape index (κ3) is 1.63. The van der Waals surface area contributed by atoms with Crippen LogP contribution in [-0.2, 0) is 0 Å². The Morgan fingerprint density at radius 1 is 1.15 bits per heavy atom. The van der Waals surface area contributed by atoms with E-state index in [2.05, 4.69) is 13.8 Å². The van der Waals surface area contributed by atoms with Gasteiger partial charge in [0.2, 0.25) is 0 Å². The van der Waals surface area contributed by atoms with Crippen LogP contribution in [-0.4, -0.2) is 6.04 Å². The molecular weight excluding hydrogens is 158 g/mol. The SMILES string of the molecule is CC1CCC(C2(C(C)N)CC2)CC1. The van der Waals surface area contributed by atoms with Crippen LogP contribution in [0.3, 0.4) is 0 Å². The normalized spacial score (nSPS) is 39.9. The van der Waals surface area contributed by atoms with Crippen LogP contribution in [0.2, 0.25) is 0 Å². The maximum Gasteiger partial charge on any atom is 0.00696 e. The lowest BCUT2D eigenvalue weighted by Crippen LogP contribution is -2.36. The highest BCUT2D eigenvalue weighted by molar-refractivity contribution is 5.04. The van der Waals surface area contributed by atoms with E-state index in [-0.39, 0.29) is 0 Å². The summed E-state index contributed by atoms with van der Waals surface area (Å²) in [5.41, 5.74) is 6.68. The number of nitrogens with two attached hydrogens (primary N) is 1. The average Bonchev–Trinajstić information content (AvgIpc) is 2.86. The molecule has 1 nitrogen and oxygen atoms in total. The first-order valence-electron chi connectivity index (χ1n) is 5.91. The largest absolute Gasteiger partial charge is 0.327 e. The Labute approximate surface area is 82.1 Å². The molecule has 13 heavy (non-hydrogen) atoms. The van der Waals surface area contributed by atoms with Crippen molar-refractivity contribution in [3.63, 3.8) is 0 Å². The summed E-state index contributed by atoms with van der Waals surface area (Å²) in [7, 11) is 0. The van der Waals surface area contributed by atoms with Crippen molar-refractivity contribution in [3.05, 3.63) is 0 Å². The molecule has 0 bridgehead atoms. The molecule has 2 fully saturated rings. The summed E-state index contributed by atoms with van der Waals surface area (Å²) in [6.07, 6.45) is 8.59. The Morgan fingerprint density at radius 3 is 2.08 bits per heavy atom. The van der Waals surface area contributed by atoms with Gasteiger partial charge in [0, 0.05) is 6.04 Å². The highest BCUT2D eigenvalue weighted by Gasteiger charge is 2.51. The standard InChI is InChI=1S/C12H23N/c1-9-3-5-11(6-4-9)12(7-8-12)10(2)13/h9-11H,3-8,13H2,1-2H3. The predicted octanol–water partition coefficient (Wildman–Crippen LogP) is 2.94. The fourth-order valence-electron chi connectivity index (χ4n) is 3.21. The first kappa shape index (κ1) is 9.51. The third-order valence-corrected chi connectivity index (χ3v) is 4.56. The zero-order valence-electron chi connectivity index (χ0n) is 9.05. The summed E-state index contributed by atoms with van der Waals surface area (Å²) in [6.45, 7) is 4.60. The van der Waals surface area contributed by atoms with Gasteiger partial charge in [-0.3, -0.25) is 0 Å². The van der Waals surface area contributed by atoms with Crippen LogP contribution in [0.25, 0.3) is 0 Å². The van der Waals surface area contributed by atoms with Gasteiger partial charge in [-0.1, -0.05) is 19.8 Å². The van der Waals surface area contributed by atoms with Crippen LogP contribution in [0.15, 0.2) is 0 Å². The predicted molar refractivity (Wildman–Crippen MR) is 56.4 cm³/mol. The number of rotatable bonds is 2. The van der Waals surface area contributed by atoms with Crippen LogP contribution in [0.5, 0.6) is 0 Å². The Bertz CT molecular complexity index is 174. The van der Waals surface area contributed by atoms with E-state index in [1.54, 1.807) is 0 Å². The van der Waals surface area contributed by atoms with Gasteiger partial charge in [0.25, 0.3) is 0 Å². The topological polar surface area (TPSA) is 26.0 Å². The van der Waals surface area contributed by atoms with Gasteiger partial charge in [-0.15, -0.1) is 0 Å². The molecule has 0 radical (unpaired) electrons.